The molecule has 0 spiro atoms. The Hall–Kier alpha value is -3.35. The summed E-state index contributed by atoms with van der Waals surface area (Å²) in [6.45, 7) is 0.832. The lowest BCUT2D eigenvalue weighted by Crippen LogP contribution is -2.28. The molecule has 0 aliphatic carbocycles. The number of anilines is 1. The highest BCUT2D eigenvalue weighted by molar-refractivity contribution is 5.95. The number of nitrogens with one attached hydrogen (secondary N) is 1. The maximum Gasteiger partial charge on any atom is 0.335 e. The van der Waals surface area contributed by atoms with E-state index in [0.717, 1.165) is 17.7 Å². The third-order valence-corrected chi connectivity index (χ3v) is 4.26. The topological polar surface area (TPSA) is 95.9 Å². The summed E-state index contributed by atoms with van der Waals surface area (Å²) in [6.07, 6.45) is 1.40. The third-order valence-electron chi connectivity index (χ3n) is 4.26. The van der Waals surface area contributed by atoms with Gasteiger partial charge < -0.3 is 20.1 Å². The fourth-order valence-corrected chi connectivity index (χ4v) is 2.83. The van der Waals surface area contributed by atoms with Gasteiger partial charge in [0.1, 0.15) is 5.75 Å². The number of amides is 2. The number of aromatic carboxylic acids is 1. The van der Waals surface area contributed by atoms with Gasteiger partial charge in [0.2, 0.25) is 5.91 Å². The van der Waals surface area contributed by atoms with Gasteiger partial charge in [-0.1, -0.05) is 18.2 Å². The number of hydrogen-bond acceptors (Lipinski definition) is 4. The number of hydrogen-bond donors (Lipinski definition) is 2. The van der Waals surface area contributed by atoms with Crippen molar-refractivity contribution in [3.05, 3.63) is 59.7 Å². The fourth-order valence-electron chi connectivity index (χ4n) is 2.83. The van der Waals surface area contributed by atoms with Crippen LogP contribution in [0, 0.1) is 0 Å². The average molecular weight is 368 g/mol. The van der Waals surface area contributed by atoms with Crippen LogP contribution in [-0.2, 0) is 16.1 Å². The molecule has 0 saturated carbocycles. The third kappa shape index (κ3) is 4.84. The van der Waals surface area contributed by atoms with E-state index in [1.807, 2.05) is 6.07 Å². The predicted octanol–water partition coefficient (Wildman–Crippen LogP) is 2.21. The zero-order chi connectivity index (χ0) is 19.2. The molecule has 3 rings (SSSR count). The lowest BCUT2D eigenvalue weighted by atomic mass is 10.1. The molecule has 1 heterocycles. The van der Waals surface area contributed by atoms with Gasteiger partial charge in [-0.2, -0.15) is 0 Å². The quantitative estimate of drug-likeness (QED) is 0.781. The largest absolute Gasteiger partial charge is 0.484 e. The van der Waals surface area contributed by atoms with Gasteiger partial charge in [-0.3, -0.25) is 9.59 Å². The van der Waals surface area contributed by atoms with Gasteiger partial charge in [-0.05, 0) is 36.2 Å². The fraction of sp³-hybridized carbons (Fsp3) is 0.250. The Morgan fingerprint density at radius 2 is 1.93 bits per heavy atom. The molecular weight excluding hydrogens is 348 g/mol. The Balaban J connectivity index is 1.49. The molecule has 1 aliphatic rings. The number of nitrogens with zero attached hydrogens (tertiary/aromatic N) is 1. The molecule has 7 heteroatoms. The van der Waals surface area contributed by atoms with Gasteiger partial charge in [-0.25, -0.2) is 4.79 Å². The Labute approximate surface area is 156 Å². The second-order valence-corrected chi connectivity index (χ2v) is 6.21. The maximum atomic E-state index is 12.0. The van der Waals surface area contributed by atoms with E-state index >= 15 is 0 Å². The van der Waals surface area contributed by atoms with Gasteiger partial charge in [0.05, 0.1) is 5.56 Å². The van der Waals surface area contributed by atoms with Crippen molar-refractivity contribution in [2.75, 3.05) is 18.1 Å². The number of rotatable bonds is 7. The summed E-state index contributed by atoms with van der Waals surface area (Å²) < 4.78 is 5.51. The molecule has 1 saturated heterocycles. The number of carbonyl (C=O) groups excluding carboxylic acids is 2. The first kappa shape index (κ1) is 18.4. The molecule has 0 unspecified atom stereocenters. The first-order valence-corrected chi connectivity index (χ1v) is 8.65. The molecule has 27 heavy (non-hydrogen) atoms. The van der Waals surface area contributed by atoms with Crippen molar-refractivity contribution >= 4 is 23.5 Å². The summed E-state index contributed by atoms with van der Waals surface area (Å²) in [5.74, 6) is -0.663. The van der Waals surface area contributed by atoms with Crippen LogP contribution in [0.5, 0.6) is 5.75 Å². The van der Waals surface area contributed by atoms with E-state index in [2.05, 4.69) is 5.32 Å². The van der Waals surface area contributed by atoms with Crippen LogP contribution < -0.4 is 15.0 Å². The minimum Gasteiger partial charge on any atom is -0.484 e. The molecule has 1 fully saturated rings. The number of carbonyl (C=O) groups is 3. The van der Waals surface area contributed by atoms with Gasteiger partial charge >= 0.3 is 5.97 Å². The van der Waals surface area contributed by atoms with Crippen LogP contribution in [0.15, 0.2) is 48.5 Å². The molecule has 7 nitrogen and oxygen atoms in total. The lowest BCUT2D eigenvalue weighted by molar-refractivity contribution is -0.123. The highest BCUT2D eigenvalue weighted by atomic mass is 16.5. The van der Waals surface area contributed by atoms with E-state index in [0.29, 0.717) is 18.7 Å². The van der Waals surface area contributed by atoms with Crippen molar-refractivity contribution < 1.29 is 24.2 Å². The summed E-state index contributed by atoms with van der Waals surface area (Å²) >= 11 is 0. The molecule has 2 N–H and O–H groups in total. The summed E-state index contributed by atoms with van der Waals surface area (Å²) in [5.41, 5.74) is 1.77. The molecule has 140 valence electrons. The number of carboxylic acids is 1. The smallest absolute Gasteiger partial charge is 0.335 e. The maximum absolute atomic E-state index is 12.0. The minimum atomic E-state index is -0.989. The van der Waals surface area contributed by atoms with Crippen LogP contribution in [0.1, 0.15) is 28.8 Å². The molecule has 1 aliphatic heterocycles. The molecule has 2 amide bonds. The second-order valence-electron chi connectivity index (χ2n) is 6.21. The summed E-state index contributed by atoms with van der Waals surface area (Å²) in [5, 5.41) is 11.6. The van der Waals surface area contributed by atoms with Crippen LogP contribution in [0.3, 0.4) is 0 Å². The molecule has 0 atom stereocenters. The first-order valence-electron chi connectivity index (χ1n) is 8.65. The lowest BCUT2D eigenvalue weighted by Gasteiger charge is -2.16. The SMILES string of the molecule is O=C(COc1cccc(N2CCCC2=O)c1)NCc1ccc(C(=O)O)cc1. The highest BCUT2D eigenvalue weighted by Crippen LogP contribution is 2.25. The van der Waals surface area contributed by atoms with E-state index < -0.39 is 5.97 Å². The Morgan fingerprint density at radius 1 is 1.15 bits per heavy atom. The predicted molar refractivity (Wildman–Crippen MR) is 98.8 cm³/mol. The standard InChI is InChI=1S/C20H20N2O5/c23-18(21-12-14-6-8-15(9-7-14)20(25)26)13-27-17-4-1-3-16(11-17)22-10-2-5-19(22)24/h1,3-4,6-9,11H,2,5,10,12-13H2,(H,21,23)(H,25,26). The summed E-state index contributed by atoms with van der Waals surface area (Å²) in [6, 6.07) is 13.4. The van der Waals surface area contributed by atoms with E-state index in [1.165, 1.54) is 12.1 Å². The van der Waals surface area contributed by atoms with E-state index in [9.17, 15) is 14.4 Å². The highest BCUT2D eigenvalue weighted by Gasteiger charge is 2.21. The van der Waals surface area contributed by atoms with Gasteiger partial charge in [-0.15, -0.1) is 0 Å². The Morgan fingerprint density at radius 3 is 2.59 bits per heavy atom. The van der Waals surface area contributed by atoms with Crippen molar-refractivity contribution in [1.29, 1.82) is 0 Å². The molecule has 2 aromatic rings. The van der Waals surface area contributed by atoms with Crippen LogP contribution in [0.2, 0.25) is 0 Å². The summed E-state index contributed by atoms with van der Waals surface area (Å²) in [4.78, 5) is 36.3. The van der Waals surface area contributed by atoms with Crippen LogP contribution in [0.25, 0.3) is 0 Å². The average Bonchev–Trinajstić information content (AvgIpc) is 3.11. The first-order chi connectivity index (χ1) is 13.0. The molecule has 0 aromatic heterocycles. The Kier molecular flexibility index (Phi) is 5.71. The Bertz CT molecular complexity index is 848. The molecular formula is C20H20N2O5. The normalized spacial score (nSPS) is 13.5. The van der Waals surface area contributed by atoms with E-state index in [4.69, 9.17) is 9.84 Å². The molecule has 0 radical (unpaired) electrons. The number of ether oxygens (including phenoxy) is 1. The number of benzene rings is 2. The van der Waals surface area contributed by atoms with Crippen molar-refractivity contribution in [3.63, 3.8) is 0 Å². The van der Waals surface area contributed by atoms with Gasteiger partial charge in [0.25, 0.3) is 5.91 Å². The van der Waals surface area contributed by atoms with Crippen LogP contribution in [-0.4, -0.2) is 36.0 Å². The monoisotopic (exact) mass is 368 g/mol. The van der Waals surface area contributed by atoms with Crippen molar-refractivity contribution in [2.24, 2.45) is 0 Å². The number of carboxylic acid groups (broad SMARTS) is 1. The van der Waals surface area contributed by atoms with Crippen LogP contribution in [0.4, 0.5) is 5.69 Å². The van der Waals surface area contributed by atoms with Gasteiger partial charge in [0, 0.05) is 31.3 Å². The van der Waals surface area contributed by atoms with Crippen molar-refractivity contribution in [3.8, 4) is 5.75 Å². The van der Waals surface area contributed by atoms with E-state index in [-0.39, 0.29) is 30.5 Å². The second kappa shape index (κ2) is 8.35. The van der Waals surface area contributed by atoms with Crippen LogP contribution >= 0.6 is 0 Å². The van der Waals surface area contributed by atoms with Crippen molar-refractivity contribution in [2.45, 2.75) is 19.4 Å². The molecule has 2 aromatic carbocycles. The van der Waals surface area contributed by atoms with E-state index in [1.54, 1.807) is 35.2 Å². The zero-order valence-electron chi connectivity index (χ0n) is 14.7. The van der Waals surface area contributed by atoms with Crippen molar-refractivity contribution in [1.82, 2.24) is 5.32 Å². The minimum absolute atomic E-state index is 0.0961. The molecule has 0 bridgehead atoms. The zero-order valence-corrected chi connectivity index (χ0v) is 14.7. The van der Waals surface area contributed by atoms with Gasteiger partial charge in [0.15, 0.2) is 6.61 Å². The summed E-state index contributed by atoms with van der Waals surface area (Å²) in [7, 11) is 0.